The molecule has 0 aromatic heterocycles. The molecule has 3 aliphatic rings. The van der Waals surface area contributed by atoms with Crippen molar-refractivity contribution in [3.63, 3.8) is 0 Å². The fraction of sp³-hybridized carbons (Fsp3) is 0.333. The Kier molecular flexibility index (Phi) is 4.92. The third kappa shape index (κ3) is 3.55. The van der Waals surface area contributed by atoms with E-state index in [1.807, 2.05) is 0 Å². The molecule has 0 radical (unpaired) electrons. The summed E-state index contributed by atoms with van der Waals surface area (Å²) >= 11 is 0. The van der Waals surface area contributed by atoms with Gasteiger partial charge in [0, 0.05) is 17.1 Å². The topological polar surface area (TPSA) is 12.5 Å². The lowest BCUT2D eigenvalue weighted by atomic mass is 9.34. The summed E-state index contributed by atoms with van der Waals surface area (Å²) in [4.78, 5) is 2.44. The predicted molar refractivity (Wildman–Crippen MR) is 166 cm³/mol. The van der Waals surface area contributed by atoms with Crippen molar-refractivity contribution in [2.24, 2.45) is 0 Å². The molecule has 0 N–H and O–H groups in total. The molecule has 0 bridgehead atoms. The number of benzene rings is 4. The van der Waals surface area contributed by atoms with Crippen LogP contribution in [0.25, 0.3) is 0 Å². The van der Waals surface area contributed by atoms with E-state index in [-0.39, 0.29) is 23.0 Å². The van der Waals surface area contributed by atoms with Crippen molar-refractivity contribution in [1.29, 1.82) is 0 Å². The summed E-state index contributed by atoms with van der Waals surface area (Å²) in [7, 11) is 0. The lowest BCUT2D eigenvalue weighted by molar-refractivity contribution is 0.402. The average Bonchev–Trinajstić information content (AvgIpc) is 3.05. The molecule has 196 valence electrons. The molecule has 0 saturated carbocycles. The number of ether oxygens (including phenoxy) is 1. The van der Waals surface area contributed by atoms with E-state index in [2.05, 4.69) is 133 Å². The van der Waals surface area contributed by atoms with E-state index in [1.54, 1.807) is 0 Å². The molecule has 3 heteroatoms. The number of aryl methyl sites for hydroxylation is 1. The fourth-order valence-electron chi connectivity index (χ4n) is 7.66. The first kappa shape index (κ1) is 24.6. The zero-order valence-corrected chi connectivity index (χ0v) is 24.6. The van der Waals surface area contributed by atoms with E-state index >= 15 is 0 Å². The molecule has 4 aromatic carbocycles. The van der Waals surface area contributed by atoms with Gasteiger partial charge < -0.3 is 9.64 Å². The molecule has 0 amide bonds. The van der Waals surface area contributed by atoms with E-state index in [4.69, 9.17) is 4.74 Å². The smallest absolute Gasteiger partial charge is 0.256 e. The van der Waals surface area contributed by atoms with Crippen molar-refractivity contribution >= 4 is 40.2 Å². The summed E-state index contributed by atoms with van der Waals surface area (Å²) < 4.78 is 6.78. The molecule has 0 saturated heterocycles. The second-order valence-electron chi connectivity index (χ2n) is 14.3. The number of hydrogen-bond donors (Lipinski definition) is 0. The number of rotatable bonds is 1. The summed E-state index contributed by atoms with van der Waals surface area (Å²) in [6.45, 7) is 18.7. The average molecular weight is 512 g/mol. The second-order valence-corrected chi connectivity index (χ2v) is 14.3. The van der Waals surface area contributed by atoms with Gasteiger partial charge in [-0.15, -0.1) is 0 Å². The van der Waals surface area contributed by atoms with Crippen LogP contribution in [0.2, 0.25) is 0 Å². The van der Waals surface area contributed by atoms with Crippen LogP contribution in [0.1, 0.15) is 77.1 Å². The zero-order valence-electron chi connectivity index (χ0n) is 24.6. The molecule has 39 heavy (non-hydrogen) atoms. The maximum atomic E-state index is 6.78. The van der Waals surface area contributed by atoms with Crippen molar-refractivity contribution in [3.05, 3.63) is 95.1 Å². The summed E-state index contributed by atoms with van der Waals surface area (Å²) in [5.41, 5.74) is 13.5. The van der Waals surface area contributed by atoms with Gasteiger partial charge >= 0.3 is 0 Å². The highest BCUT2D eigenvalue weighted by atomic mass is 16.5. The molecule has 2 aliphatic heterocycles. The number of nitrogens with zero attached hydrogens (tertiary/aromatic N) is 1. The Bertz CT molecular complexity index is 1660. The summed E-state index contributed by atoms with van der Waals surface area (Å²) in [5, 5.41) is 0. The van der Waals surface area contributed by atoms with Gasteiger partial charge in [0.25, 0.3) is 6.71 Å². The number of fused-ring (bicyclic) bond motifs is 5. The van der Waals surface area contributed by atoms with Gasteiger partial charge in [-0.25, -0.2) is 0 Å². The second kappa shape index (κ2) is 7.81. The Labute approximate surface area is 234 Å². The maximum absolute atomic E-state index is 6.78. The van der Waals surface area contributed by atoms with Crippen molar-refractivity contribution in [3.8, 4) is 11.5 Å². The van der Waals surface area contributed by atoms with Gasteiger partial charge in [0.1, 0.15) is 11.5 Å². The molecular formula is C36H38BNO. The Hall–Kier alpha value is -3.46. The molecule has 2 heterocycles. The number of hydrogen-bond acceptors (Lipinski definition) is 2. The van der Waals surface area contributed by atoms with Gasteiger partial charge in [0.2, 0.25) is 0 Å². The number of anilines is 3. The van der Waals surface area contributed by atoms with Gasteiger partial charge in [-0.2, -0.15) is 0 Å². The molecule has 0 fully saturated rings. The van der Waals surface area contributed by atoms with Crippen LogP contribution in [0, 0.1) is 6.92 Å². The van der Waals surface area contributed by atoms with Crippen molar-refractivity contribution in [2.75, 3.05) is 4.90 Å². The highest BCUT2D eigenvalue weighted by Gasteiger charge is 2.46. The lowest BCUT2D eigenvalue weighted by Crippen LogP contribution is -2.59. The van der Waals surface area contributed by atoms with Crippen molar-refractivity contribution in [1.82, 2.24) is 0 Å². The van der Waals surface area contributed by atoms with Crippen LogP contribution in [0.3, 0.4) is 0 Å². The summed E-state index contributed by atoms with van der Waals surface area (Å²) in [5.74, 6) is 1.99. The van der Waals surface area contributed by atoms with Gasteiger partial charge in [-0.1, -0.05) is 90.4 Å². The molecular weight excluding hydrogens is 473 g/mol. The first-order chi connectivity index (χ1) is 18.3. The molecule has 1 aliphatic carbocycles. The molecule has 0 spiro atoms. The van der Waals surface area contributed by atoms with Gasteiger partial charge in [-0.3, -0.25) is 0 Å². The van der Waals surface area contributed by atoms with Crippen LogP contribution in [0.4, 0.5) is 17.1 Å². The van der Waals surface area contributed by atoms with Crippen molar-refractivity contribution < 1.29 is 4.74 Å². The van der Waals surface area contributed by atoms with Crippen LogP contribution in [-0.2, 0) is 16.2 Å². The largest absolute Gasteiger partial charge is 0.458 e. The van der Waals surface area contributed by atoms with E-state index in [0.29, 0.717) is 0 Å². The van der Waals surface area contributed by atoms with Crippen LogP contribution >= 0.6 is 0 Å². The van der Waals surface area contributed by atoms with Crippen LogP contribution in [-0.4, -0.2) is 6.71 Å². The quantitative estimate of drug-likeness (QED) is 0.210. The van der Waals surface area contributed by atoms with Gasteiger partial charge in [0.15, 0.2) is 0 Å². The van der Waals surface area contributed by atoms with E-state index in [9.17, 15) is 0 Å². The summed E-state index contributed by atoms with van der Waals surface area (Å²) in [6.07, 6.45) is 1.15. The van der Waals surface area contributed by atoms with Crippen LogP contribution in [0.5, 0.6) is 11.5 Å². The minimum atomic E-state index is 0.118. The third-order valence-corrected chi connectivity index (χ3v) is 9.32. The SMILES string of the molecule is Cc1ccc2c(c1)B1c3cc4c(cc3Oc3cccc(c31)N2c1ccc(C(C)(C)C)cc1)C(C)(C)CC4(C)C. The minimum absolute atomic E-state index is 0.118. The zero-order chi connectivity index (χ0) is 27.5. The van der Waals surface area contributed by atoms with Gasteiger partial charge in [0.05, 0.1) is 0 Å². The van der Waals surface area contributed by atoms with Crippen LogP contribution < -0.4 is 26.0 Å². The highest BCUT2D eigenvalue weighted by Crippen LogP contribution is 2.51. The van der Waals surface area contributed by atoms with Crippen LogP contribution in [0.15, 0.2) is 72.8 Å². The lowest BCUT2D eigenvalue weighted by Gasteiger charge is -2.40. The molecule has 2 nitrogen and oxygen atoms in total. The first-order valence-corrected chi connectivity index (χ1v) is 14.4. The summed E-state index contributed by atoms with van der Waals surface area (Å²) in [6, 6.07) is 27.5. The Morgan fingerprint density at radius 2 is 1.44 bits per heavy atom. The Morgan fingerprint density at radius 3 is 2.13 bits per heavy atom. The first-order valence-electron chi connectivity index (χ1n) is 14.4. The third-order valence-electron chi connectivity index (χ3n) is 9.32. The maximum Gasteiger partial charge on any atom is 0.256 e. The predicted octanol–water partition coefficient (Wildman–Crippen LogP) is 7.66. The Balaban J connectivity index is 1.47. The monoisotopic (exact) mass is 511 g/mol. The molecule has 7 rings (SSSR count). The fourth-order valence-corrected chi connectivity index (χ4v) is 7.66. The molecule has 4 aromatic rings. The minimum Gasteiger partial charge on any atom is -0.458 e. The normalized spacial score (nSPS) is 17.6. The highest BCUT2D eigenvalue weighted by molar-refractivity contribution is 6.99. The van der Waals surface area contributed by atoms with E-state index in [1.165, 1.54) is 55.7 Å². The molecule has 0 atom stereocenters. The van der Waals surface area contributed by atoms with E-state index < -0.39 is 0 Å². The molecule has 0 unspecified atom stereocenters. The standard InChI is InChI=1S/C36H38BNO/c1-22-12-17-29-27(18-22)37-28-19-25-26(36(7,8)21-35(25,5)6)20-32(28)39-31-11-9-10-30(33(31)37)38(29)24-15-13-23(14-16-24)34(2,3)4/h9-20H,21H2,1-8H3. The van der Waals surface area contributed by atoms with Gasteiger partial charge in [-0.05, 0) is 99.1 Å². The van der Waals surface area contributed by atoms with Crippen molar-refractivity contribution in [2.45, 2.75) is 78.1 Å². The van der Waals surface area contributed by atoms with E-state index in [0.717, 1.165) is 17.9 Å². The Morgan fingerprint density at radius 1 is 0.744 bits per heavy atom.